The third kappa shape index (κ3) is 3.25. The summed E-state index contributed by atoms with van der Waals surface area (Å²) < 4.78 is 14.1. The molecule has 0 unspecified atom stereocenters. The Kier molecular flexibility index (Phi) is 4.52. The van der Waals surface area contributed by atoms with Gasteiger partial charge in [0, 0.05) is 44.3 Å². The van der Waals surface area contributed by atoms with Gasteiger partial charge in [-0.3, -0.25) is 9.80 Å². The van der Waals surface area contributed by atoms with Crippen molar-refractivity contribution in [1.82, 2.24) is 9.80 Å². The molecule has 0 N–H and O–H groups in total. The average molecular weight is 287 g/mol. The van der Waals surface area contributed by atoms with E-state index in [0.29, 0.717) is 12.1 Å². The number of nitrogens with zero attached hydrogens (tertiary/aromatic N) is 3. The molecule has 3 rings (SSSR count). The maximum atomic E-state index is 14.1. The molecule has 1 aliphatic carbocycles. The number of halogens is 1. The van der Waals surface area contributed by atoms with E-state index in [1.165, 1.54) is 31.7 Å². The molecule has 1 heterocycles. The lowest BCUT2D eigenvalue weighted by Gasteiger charge is -2.38. The zero-order valence-corrected chi connectivity index (χ0v) is 12.4. The van der Waals surface area contributed by atoms with Crippen molar-refractivity contribution in [2.45, 2.75) is 38.3 Å². The molecular weight excluding hydrogens is 265 g/mol. The minimum Gasteiger partial charge on any atom is -0.298 e. The van der Waals surface area contributed by atoms with Gasteiger partial charge in [-0.15, -0.1) is 0 Å². The van der Waals surface area contributed by atoms with Crippen LogP contribution in [0.2, 0.25) is 0 Å². The first-order valence-electron chi connectivity index (χ1n) is 7.92. The van der Waals surface area contributed by atoms with E-state index in [4.69, 9.17) is 5.26 Å². The van der Waals surface area contributed by atoms with Crippen molar-refractivity contribution in [3.05, 3.63) is 35.1 Å². The highest BCUT2D eigenvalue weighted by Gasteiger charge is 2.26. The van der Waals surface area contributed by atoms with Crippen LogP contribution in [-0.2, 0) is 6.54 Å². The van der Waals surface area contributed by atoms with E-state index in [0.717, 1.165) is 32.2 Å². The Labute approximate surface area is 126 Å². The molecule has 1 aromatic rings. The zero-order chi connectivity index (χ0) is 14.7. The Bertz CT molecular complexity index is 523. The summed E-state index contributed by atoms with van der Waals surface area (Å²) in [5, 5.41) is 8.89. The molecule has 1 saturated heterocycles. The van der Waals surface area contributed by atoms with Crippen LogP contribution in [0.4, 0.5) is 4.39 Å². The van der Waals surface area contributed by atoms with Crippen LogP contribution >= 0.6 is 0 Å². The van der Waals surface area contributed by atoms with Gasteiger partial charge in [0.1, 0.15) is 11.9 Å². The first-order chi connectivity index (χ1) is 10.3. The minimum atomic E-state index is -0.349. The maximum Gasteiger partial charge on any atom is 0.145 e. The smallest absolute Gasteiger partial charge is 0.145 e. The predicted molar refractivity (Wildman–Crippen MR) is 80.2 cm³/mol. The topological polar surface area (TPSA) is 30.3 Å². The van der Waals surface area contributed by atoms with E-state index in [2.05, 4.69) is 9.80 Å². The van der Waals surface area contributed by atoms with Gasteiger partial charge in [-0.2, -0.15) is 5.26 Å². The lowest BCUT2D eigenvalue weighted by Crippen LogP contribution is -2.49. The highest BCUT2D eigenvalue weighted by Crippen LogP contribution is 2.24. The molecule has 0 bridgehead atoms. The van der Waals surface area contributed by atoms with Gasteiger partial charge < -0.3 is 0 Å². The molecule has 112 valence electrons. The maximum absolute atomic E-state index is 14.1. The van der Waals surface area contributed by atoms with Crippen LogP contribution in [0.1, 0.15) is 36.8 Å². The fourth-order valence-electron chi connectivity index (χ4n) is 3.59. The predicted octanol–water partition coefficient (Wildman–Crippen LogP) is 2.76. The van der Waals surface area contributed by atoms with Crippen LogP contribution in [0.5, 0.6) is 0 Å². The van der Waals surface area contributed by atoms with Gasteiger partial charge in [0.05, 0.1) is 5.56 Å². The van der Waals surface area contributed by atoms with Crippen molar-refractivity contribution in [3.63, 3.8) is 0 Å². The highest BCUT2D eigenvalue weighted by molar-refractivity contribution is 5.34. The Morgan fingerprint density at radius 2 is 1.86 bits per heavy atom. The molecule has 0 atom stereocenters. The lowest BCUT2D eigenvalue weighted by atomic mass is 10.1. The highest BCUT2D eigenvalue weighted by atomic mass is 19.1. The summed E-state index contributed by atoms with van der Waals surface area (Å²) in [4.78, 5) is 4.90. The standard InChI is InChI=1S/C17H22FN3/c18-17-14(12-19)4-3-5-15(17)13-20-8-10-21(11-9-20)16-6-1-2-7-16/h3-5,16H,1-2,6-11,13H2. The van der Waals surface area contributed by atoms with Gasteiger partial charge >= 0.3 is 0 Å². The Balaban J connectivity index is 1.57. The Morgan fingerprint density at radius 3 is 2.52 bits per heavy atom. The minimum absolute atomic E-state index is 0.150. The molecule has 0 aromatic heterocycles. The molecule has 3 nitrogen and oxygen atoms in total. The second kappa shape index (κ2) is 6.55. The molecule has 1 aliphatic heterocycles. The van der Waals surface area contributed by atoms with Crippen molar-refractivity contribution >= 4 is 0 Å². The lowest BCUT2D eigenvalue weighted by molar-refractivity contribution is 0.0930. The van der Waals surface area contributed by atoms with Gasteiger partial charge in [0.15, 0.2) is 0 Å². The Morgan fingerprint density at radius 1 is 1.14 bits per heavy atom. The normalized spacial score (nSPS) is 21.5. The Hall–Kier alpha value is -1.44. The largest absolute Gasteiger partial charge is 0.298 e. The summed E-state index contributed by atoms with van der Waals surface area (Å²) in [7, 11) is 0. The fraction of sp³-hybridized carbons (Fsp3) is 0.588. The monoisotopic (exact) mass is 287 g/mol. The molecule has 0 radical (unpaired) electrons. The first-order valence-corrected chi connectivity index (χ1v) is 7.92. The number of hydrogen-bond acceptors (Lipinski definition) is 3. The van der Waals surface area contributed by atoms with E-state index < -0.39 is 0 Å². The van der Waals surface area contributed by atoms with Gasteiger partial charge in [-0.1, -0.05) is 25.0 Å². The number of piperazine rings is 1. The van der Waals surface area contributed by atoms with Crippen LogP contribution < -0.4 is 0 Å². The van der Waals surface area contributed by atoms with Crippen LogP contribution in [-0.4, -0.2) is 42.0 Å². The fourth-order valence-corrected chi connectivity index (χ4v) is 3.59. The van der Waals surface area contributed by atoms with E-state index in [1.54, 1.807) is 12.1 Å². The summed E-state index contributed by atoms with van der Waals surface area (Å²) in [6.45, 7) is 4.77. The van der Waals surface area contributed by atoms with Crippen LogP contribution in [0, 0.1) is 17.1 Å². The number of rotatable bonds is 3. The number of benzene rings is 1. The molecular formula is C17H22FN3. The summed E-state index contributed by atoms with van der Waals surface area (Å²) in [6.07, 6.45) is 5.44. The molecule has 1 aromatic carbocycles. The quantitative estimate of drug-likeness (QED) is 0.856. The van der Waals surface area contributed by atoms with Crippen molar-refractivity contribution in [3.8, 4) is 6.07 Å². The number of hydrogen-bond donors (Lipinski definition) is 0. The molecule has 0 amide bonds. The van der Waals surface area contributed by atoms with E-state index >= 15 is 0 Å². The van der Waals surface area contributed by atoms with Gasteiger partial charge in [0.2, 0.25) is 0 Å². The summed E-state index contributed by atoms with van der Waals surface area (Å²) in [5.41, 5.74) is 0.792. The molecule has 2 aliphatic rings. The zero-order valence-electron chi connectivity index (χ0n) is 12.4. The summed E-state index contributed by atoms with van der Waals surface area (Å²) in [5.74, 6) is -0.349. The summed E-state index contributed by atoms with van der Waals surface area (Å²) in [6, 6.07) is 7.80. The summed E-state index contributed by atoms with van der Waals surface area (Å²) >= 11 is 0. The first kappa shape index (κ1) is 14.5. The van der Waals surface area contributed by atoms with Gasteiger partial charge in [0.25, 0.3) is 0 Å². The number of nitriles is 1. The van der Waals surface area contributed by atoms with E-state index in [1.807, 2.05) is 6.07 Å². The molecule has 0 spiro atoms. The second-order valence-electron chi connectivity index (χ2n) is 6.14. The van der Waals surface area contributed by atoms with Crippen LogP contribution in [0.25, 0.3) is 0 Å². The van der Waals surface area contributed by atoms with E-state index in [-0.39, 0.29) is 11.4 Å². The van der Waals surface area contributed by atoms with Crippen molar-refractivity contribution in [1.29, 1.82) is 5.26 Å². The van der Waals surface area contributed by atoms with Crippen LogP contribution in [0.3, 0.4) is 0 Å². The van der Waals surface area contributed by atoms with Crippen molar-refractivity contribution in [2.75, 3.05) is 26.2 Å². The third-order valence-electron chi connectivity index (χ3n) is 4.84. The third-order valence-corrected chi connectivity index (χ3v) is 4.84. The average Bonchev–Trinajstić information content (AvgIpc) is 3.04. The molecule has 21 heavy (non-hydrogen) atoms. The second-order valence-corrected chi connectivity index (χ2v) is 6.14. The van der Waals surface area contributed by atoms with E-state index in [9.17, 15) is 4.39 Å². The van der Waals surface area contributed by atoms with Gasteiger partial charge in [-0.05, 0) is 18.9 Å². The van der Waals surface area contributed by atoms with Crippen molar-refractivity contribution in [2.24, 2.45) is 0 Å². The SMILES string of the molecule is N#Cc1cccc(CN2CCN(C3CCCC3)CC2)c1F. The molecule has 1 saturated carbocycles. The molecule has 4 heteroatoms. The van der Waals surface area contributed by atoms with Crippen molar-refractivity contribution < 1.29 is 4.39 Å². The molecule has 2 fully saturated rings. The van der Waals surface area contributed by atoms with Crippen LogP contribution in [0.15, 0.2) is 18.2 Å². The van der Waals surface area contributed by atoms with Gasteiger partial charge in [-0.25, -0.2) is 4.39 Å².